The third kappa shape index (κ3) is 2.89. The molecule has 1 aromatic carbocycles. The molecule has 0 saturated heterocycles. The zero-order valence-electron chi connectivity index (χ0n) is 8.41. The van der Waals surface area contributed by atoms with E-state index in [-0.39, 0.29) is 0 Å². The number of hydrogen-bond donors (Lipinski definition) is 0. The Balaban J connectivity index is 2.84. The fourth-order valence-corrected chi connectivity index (χ4v) is 2.03. The van der Waals surface area contributed by atoms with Crippen LogP contribution in [-0.4, -0.2) is 5.33 Å². The Morgan fingerprint density at radius 3 is 2.50 bits per heavy atom. The van der Waals surface area contributed by atoms with Crippen LogP contribution < -0.4 is 0 Å². The van der Waals surface area contributed by atoms with E-state index in [1.807, 2.05) is 6.07 Å². The van der Waals surface area contributed by atoms with E-state index in [0.717, 1.165) is 11.8 Å². The second kappa shape index (κ2) is 5.88. The fraction of sp³-hybridized carbons (Fsp3) is 0.385. The molecule has 0 aliphatic carbocycles. The first-order valence-electron chi connectivity index (χ1n) is 4.84. The summed E-state index contributed by atoms with van der Waals surface area (Å²) in [6.45, 7) is 2.23. The van der Waals surface area contributed by atoms with Crippen molar-refractivity contribution in [1.82, 2.24) is 0 Å². The van der Waals surface area contributed by atoms with Crippen molar-refractivity contribution in [2.45, 2.75) is 19.3 Å². The molecule has 14 heavy (non-hydrogen) atoms. The van der Waals surface area contributed by atoms with Crippen molar-refractivity contribution in [3.8, 4) is 12.3 Å². The lowest BCUT2D eigenvalue weighted by Gasteiger charge is -2.20. The van der Waals surface area contributed by atoms with Crippen LogP contribution in [0.15, 0.2) is 30.3 Å². The van der Waals surface area contributed by atoms with Gasteiger partial charge in [-0.15, -0.1) is 12.3 Å². The molecule has 1 heteroatoms. The lowest BCUT2D eigenvalue weighted by atomic mass is 9.86. The van der Waals surface area contributed by atoms with Gasteiger partial charge in [-0.2, -0.15) is 0 Å². The summed E-state index contributed by atoms with van der Waals surface area (Å²) in [5.74, 6) is 3.81. The highest BCUT2D eigenvalue weighted by atomic mass is 79.9. The molecule has 0 amide bonds. The lowest BCUT2D eigenvalue weighted by Crippen LogP contribution is -2.10. The Bertz CT molecular complexity index is 297. The van der Waals surface area contributed by atoms with Crippen LogP contribution >= 0.6 is 15.9 Å². The predicted molar refractivity (Wildman–Crippen MR) is 65.6 cm³/mol. The van der Waals surface area contributed by atoms with E-state index in [4.69, 9.17) is 6.42 Å². The first-order valence-corrected chi connectivity index (χ1v) is 5.96. The van der Waals surface area contributed by atoms with Crippen LogP contribution in [0.2, 0.25) is 0 Å². The van der Waals surface area contributed by atoms with E-state index in [1.54, 1.807) is 0 Å². The highest BCUT2D eigenvalue weighted by Gasteiger charge is 2.16. The van der Waals surface area contributed by atoms with Crippen molar-refractivity contribution in [2.24, 2.45) is 5.92 Å². The lowest BCUT2D eigenvalue weighted by molar-refractivity contribution is 0.519. The summed E-state index contributed by atoms with van der Waals surface area (Å²) in [4.78, 5) is 0. The Morgan fingerprint density at radius 2 is 2.00 bits per heavy atom. The van der Waals surface area contributed by atoms with Gasteiger partial charge in [0, 0.05) is 11.8 Å². The summed E-state index contributed by atoms with van der Waals surface area (Å²) in [6.07, 6.45) is 6.21. The second-order valence-electron chi connectivity index (χ2n) is 3.56. The van der Waals surface area contributed by atoms with Crippen LogP contribution in [0.25, 0.3) is 0 Å². The second-order valence-corrected chi connectivity index (χ2v) is 4.20. The molecule has 1 aromatic rings. The van der Waals surface area contributed by atoms with Crippen molar-refractivity contribution in [2.75, 3.05) is 5.33 Å². The Labute approximate surface area is 94.9 Å². The van der Waals surface area contributed by atoms with Gasteiger partial charge in [0.15, 0.2) is 0 Å². The largest absolute Gasteiger partial charge is 0.120 e. The first-order chi connectivity index (χ1) is 6.79. The van der Waals surface area contributed by atoms with Crippen LogP contribution in [0.1, 0.15) is 24.8 Å². The van der Waals surface area contributed by atoms with Gasteiger partial charge in [0.1, 0.15) is 0 Å². The number of halogens is 1. The molecule has 0 heterocycles. The topological polar surface area (TPSA) is 0 Å². The third-order valence-electron chi connectivity index (χ3n) is 2.50. The van der Waals surface area contributed by atoms with Crippen molar-refractivity contribution >= 4 is 15.9 Å². The minimum Gasteiger partial charge on any atom is -0.120 e. The molecule has 0 radical (unpaired) electrons. The smallest absolute Gasteiger partial charge is 0.0158 e. The monoisotopic (exact) mass is 250 g/mol. The molecular weight excluding hydrogens is 236 g/mol. The van der Waals surface area contributed by atoms with Crippen molar-refractivity contribution in [3.63, 3.8) is 0 Å². The average Bonchev–Trinajstić information content (AvgIpc) is 2.26. The highest BCUT2D eigenvalue weighted by molar-refractivity contribution is 9.09. The van der Waals surface area contributed by atoms with Gasteiger partial charge in [0.2, 0.25) is 0 Å². The SMILES string of the molecule is C#CC[C@H](c1ccccc1)[C@H](C)CBr. The molecule has 0 spiro atoms. The van der Waals surface area contributed by atoms with Gasteiger partial charge in [-0.1, -0.05) is 53.2 Å². The summed E-state index contributed by atoms with van der Waals surface area (Å²) in [6, 6.07) is 10.5. The van der Waals surface area contributed by atoms with Gasteiger partial charge in [-0.25, -0.2) is 0 Å². The minimum atomic E-state index is 0.473. The summed E-state index contributed by atoms with van der Waals surface area (Å²) in [5.41, 5.74) is 1.34. The molecule has 0 fully saturated rings. The maximum atomic E-state index is 5.39. The molecule has 0 nitrogen and oxygen atoms in total. The van der Waals surface area contributed by atoms with Gasteiger partial charge >= 0.3 is 0 Å². The van der Waals surface area contributed by atoms with E-state index in [1.165, 1.54) is 5.56 Å². The standard InChI is InChI=1S/C13H15Br/c1-3-7-13(11(2)10-14)12-8-5-4-6-9-12/h1,4-6,8-9,11,13H,7,10H2,2H3/t11-,13+/m1/s1. The normalized spacial score (nSPS) is 14.4. The highest BCUT2D eigenvalue weighted by Crippen LogP contribution is 2.28. The van der Waals surface area contributed by atoms with Crippen molar-refractivity contribution < 1.29 is 0 Å². The Hall–Kier alpha value is -0.740. The van der Waals surface area contributed by atoms with Crippen LogP contribution in [0.3, 0.4) is 0 Å². The average molecular weight is 251 g/mol. The zero-order valence-corrected chi connectivity index (χ0v) is 10.00. The molecule has 74 valence electrons. The summed E-state index contributed by atoms with van der Waals surface area (Å²) < 4.78 is 0. The zero-order chi connectivity index (χ0) is 10.4. The van der Waals surface area contributed by atoms with Gasteiger partial charge in [-0.05, 0) is 17.4 Å². The van der Waals surface area contributed by atoms with Gasteiger partial charge in [0.25, 0.3) is 0 Å². The van der Waals surface area contributed by atoms with E-state index >= 15 is 0 Å². The van der Waals surface area contributed by atoms with Crippen LogP contribution in [0.4, 0.5) is 0 Å². The quantitative estimate of drug-likeness (QED) is 0.563. The van der Waals surface area contributed by atoms with Crippen LogP contribution in [0.5, 0.6) is 0 Å². The molecule has 0 aromatic heterocycles. The Kier molecular flexibility index (Phi) is 4.76. The third-order valence-corrected chi connectivity index (χ3v) is 3.52. The van der Waals surface area contributed by atoms with Gasteiger partial charge in [-0.3, -0.25) is 0 Å². The number of terminal acetylenes is 1. The summed E-state index contributed by atoms with van der Waals surface area (Å²) in [7, 11) is 0. The molecule has 0 bridgehead atoms. The number of hydrogen-bond acceptors (Lipinski definition) is 0. The maximum Gasteiger partial charge on any atom is 0.0158 e. The number of benzene rings is 1. The molecule has 1 rings (SSSR count). The number of alkyl halides is 1. The molecule has 0 saturated carbocycles. The summed E-state index contributed by atoms with van der Waals surface area (Å²) >= 11 is 3.51. The van der Waals surface area contributed by atoms with Crippen LogP contribution in [-0.2, 0) is 0 Å². The minimum absolute atomic E-state index is 0.473. The van der Waals surface area contributed by atoms with E-state index in [2.05, 4.69) is 53.0 Å². The van der Waals surface area contributed by atoms with E-state index in [9.17, 15) is 0 Å². The summed E-state index contributed by atoms with van der Waals surface area (Å²) in [5, 5.41) is 0.994. The van der Waals surface area contributed by atoms with Crippen LogP contribution in [0, 0.1) is 18.3 Å². The molecule has 0 unspecified atom stereocenters. The molecular formula is C13H15Br. The van der Waals surface area contributed by atoms with Crippen molar-refractivity contribution in [3.05, 3.63) is 35.9 Å². The fourth-order valence-electron chi connectivity index (χ4n) is 1.58. The Morgan fingerprint density at radius 1 is 1.36 bits per heavy atom. The first kappa shape index (κ1) is 11.3. The molecule has 0 N–H and O–H groups in total. The maximum absolute atomic E-state index is 5.39. The number of rotatable bonds is 4. The molecule has 2 atom stereocenters. The van der Waals surface area contributed by atoms with Crippen molar-refractivity contribution in [1.29, 1.82) is 0 Å². The molecule has 0 aliphatic heterocycles. The molecule has 0 aliphatic rings. The predicted octanol–water partition coefficient (Wildman–Crippen LogP) is 3.82. The van der Waals surface area contributed by atoms with Gasteiger partial charge in [0.05, 0.1) is 0 Å². The van der Waals surface area contributed by atoms with Gasteiger partial charge < -0.3 is 0 Å². The van der Waals surface area contributed by atoms with E-state index in [0.29, 0.717) is 11.8 Å². The van der Waals surface area contributed by atoms with E-state index < -0.39 is 0 Å².